The number of carbonyl (C=O) groups is 1. The molecule has 0 aliphatic rings. The summed E-state index contributed by atoms with van der Waals surface area (Å²) in [7, 11) is 1.25. The summed E-state index contributed by atoms with van der Waals surface area (Å²) in [6.45, 7) is 0. The number of benzene rings is 1. The average Bonchev–Trinajstić information content (AvgIpc) is 2.53. The van der Waals surface area contributed by atoms with Crippen molar-refractivity contribution in [1.82, 2.24) is 4.98 Å². The minimum atomic E-state index is -0.559. The van der Waals surface area contributed by atoms with Gasteiger partial charge in [0.25, 0.3) is 0 Å². The van der Waals surface area contributed by atoms with Crippen molar-refractivity contribution in [3.05, 3.63) is 62.9 Å². The van der Waals surface area contributed by atoms with Gasteiger partial charge in [0.2, 0.25) is 5.75 Å². The van der Waals surface area contributed by atoms with Gasteiger partial charge in [-0.05, 0) is 39.7 Å². The number of esters is 1. The second kappa shape index (κ2) is 7.50. The third-order valence-corrected chi connectivity index (χ3v) is 3.13. The van der Waals surface area contributed by atoms with Crippen LogP contribution in [-0.4, -0.2) is 23.0 Å². The zero-order chi connectivity index (χ0) is 16.8. The zero-order valence-corrected chi connectivity index (χ0v) is 13.5. The number of hydrogen-bond donors (Lipinski definition) is 0. The number of ether oxygens (including phenoxy) is 2. The molecule has 0 radical (unpaired) electrons. The van der Waals surface area contributed by atoms with Gasteiger partial charge in [-0.3, -0.25) is 15.1 Å². The number of pyridine rings is 1. The molecule has 0 amide bonds. The number of halogens is 1. The molecule has 1 heterocycles. The lowest BCUT2D eigenvalue weighted by atomic mass is 10.1. The highest BCUT2D eigenvalue weighted by Gasteiger charge is 2.16. The van der Waals surface area contributed by atoms with Crippen LogP contribution in [-0.2, 0) is 9.53 Å². The second-order valence-corrected chi connectivity index (χ2v) is 5.20. The highest BCUT2D eigenvalue weighted by molar-refractivity contribution is 9.10. The van der Waals surface area contributed by atoms with Crippen LogP contribution in [0, 0.1) is 10.1 Å². The Hall–Kier alpha value is -2.74. The van der Waals surface area contributed by atoms with E-state index in [9.17, 15) is 14.9 Å². The van der Waals surface area contributed by atoms with Crippen molar-refractivity contribution in [3.63, 3.8) is 0 Å². The maximum atomic E-state index is 11.2. The van der Waals surface area contributed by atoms with Crippen LogP contribution in [0.5, 0.6) is 11.5 Å². The first-order chi connectivity index (χ1) is 11.0. The summed E-state index contributed by atoms with van der Waals surface area (Å²) in [6.07, 6.45) is 5.61. The average molecular weight is 379 g/mol. The van der Waals surface area contributed by atoms with Crippen molar-refractivity contribution in [3.8, 4) is 11.5 Å². The maximum absolute atomic E-state index is 11.2. The molecule has 1 aromatic heterocycles. The van der Waals surface area contributed by atoms with E-state index in [1.54, 1.807) is 18.3 Å². The second-order valence-electron chi connectivity index (χ2n) is 4.28. The van der Waals surface area contributed by atoms with Crippen LogP contribution in [0.15, 0.2) is 47.2 Å². The molecular formula is C15H11BrN2O5. The van der Waals surface area contributed by atoms with Crippen LogP contribution >= 0.6 is 15.9 Å². The molecule has 0 saturated carbocycles. The lowest BCUT2D eigenvalue weighted by Gasteiger charge is -2.07. The van der Waals surface area contributed by atoms with Crippen molar-refractivity contribution in [1.29, 1.82) is 0 Å². The summed E-state index contributed by atoms with van der Waals surface area (Å²) in [5.41, 5.74) is 0.249. The smallest absolute Gasteiger partial charge is 0.330 e. The third-order valence-electron chi connectivity index (χ3n) is 2.70. The molecule has 2 aromatic rings. The number of aromatic nitrogens is 1. The van der Waals surface area contributed by atoms with Gasteiger partial charge in [0.15, 0.2) is 0 Å². The molecule has 0 unspecified atom stereocenters. The molecule has 0 N–H and O–H groups in total. The molecule has 1 aromatic carbocycles. The molecule has 0 aliphatic carbocycles. The largest absolute Gasteiger partial charge is 0.466 e. The van der Waals surface area contributed by atoms with E-state index in [2.05, 4.69) is 25.7 Å². The minimum Gasteiger partial charge on any atom is -0.466 e. The summed E-state index contributed by atoms with van der Waals surface area (Å²) in [5, 5.41) is 11.2. The Morgan fingerprint density at radius 2 is 2.13 bits per heavy atom. The molecule has 2 rings (SSSR count). The molecule has 0 fully saturated rings. The lowest BCUT2D eigenvalue weighted by Crippen LogP contribution is -1.95. The van der Waals surface area contributed by atoms with Gasteiger partial charge < -0.3 is 9.47 Å². The Bertz CT molecular complexity index is 776. The van der Waals surface area contributed by atoms with E-state index >= 15 is 0 Å². The summed E-state index contributed by atoms with van der Waals surface area (Å²) >= 11 is 3.25. The van der Waals surface area contributed by atoms with Crippen LogP contribution in [0.3, 0.4) is 0 Å². The first-order valence-electron chi connectivity index (χ1n) is 6.32. The van der Waals surface area contributed by atoms with Crippen LogP contribution in [0.2, 0.25) is 0 Å². The molecule has 7 nitrogen and oxygen atoms in total. The summed E-state index contributed by atoms with van der Waals surface area (Å²) in [6, 6.07) is 5.99. The fraction of sp³-hybridized carbons (Fsp3) is 0.0667. The van der Waals surface area contributed by atoms with Crippen LogP contribution in [0.1, 0.15) is 5.56 Å². The minimum absolute atomic E-state index is 0.0742. The standard InChI is InChI=1S/C15H11BrN2O5/c1-22-15(19)5-3-10-2-4-14(13(6-10)18(20)21)23-12-7-11(16)8-17-9-12/h2-9H,1H3/b5-3+. The van der Waals surface area contributed by atoms with Crippen molar-refractivity contribution >= 4 is 33.7 Å². The molecule has 0 bridgehead atoms. The number of nitro benzene ring substituents is 1. The monoisotopic (exact) mass is 378 g/mol. The number of rotatable bonds is 5. The van der Waals surface area contributed by atoms with Gasteiger partial charge in [0.05, 0.1) is 18.2 Å². The first kappa shape index (κ1) is 16.6. The van der Waals surface area contributed by atoms with Crippen molar-refractivity contribution < 1.29 is 19.2 Å². The van der Waals surface area contributed by atoms with E-state index < -0.39 is 10.9 Å². The molecule has 23 heavy (non-hydrogen) atoms. The number of nitrogens with zero attached hydrogens (tertiary/aromatic N) is 2. The van der Waals surface area contributed by atoms with Gasteiger partial charge in [-0.15, -0.1) is 0 Å². The van der Waals surface area contributed by atoms with Gasteiger partial charge in [-0.1, -0.05) is 6.07 Å². The Balaban J connectivity index is 2.31. The molecule has 0 atom stereocenters. The molecule has 8 heteroatoms. The highest BCUT2D eigenvalue weighted by Crippen LogP contribution is 2.33. The Morgan fingerprint density at radius 1 is 1.35 bits per heavy atom. The Morgan fingerprint density at radius 3 is 2.78 bits per heavy atom. The van der Waals surface area contributed by atoms with Crippen LogP contribution < -0.4 is 4.74 Å². The quantitative estimate of drug-likeness (QED) is 0.340. The van der Waals surface area contributed by atoms with Crippen LogP contribution in [0.4, 0.5) is 5.69 Å². The van der Waals surface area contributed by atoms with E-state index in [-0.39, 0.29) is 11.4 Å². The molecular weight excluding hydrogens is 368 g/mol. The Kier molecular flexibility index (Phi) is 5.42. The predicted molar refractivity (Wildman–Crippen MR) is 86.2 cm³/mol. The van der Waals surface area contributed by atoms with E-state index in [0.29, 0.717) is 15.8 Å². The number of hydrogen-bond acceptors (Lipinski definition) is 6. The topological polar surface area (TPSA) is 91.6 Å². The number of methoxy groups -OCH3 is 1. The Labute approximate surface area is 139 Å². The van der Waals surface area contributed by atoms with E-state index in [4.69, 9.17) is 4.74 Å². The van der Waals surface area contributed by atoms with Gasteiger partial charge >= 0.3 is 11.7 Å². The highest BCUT2D eigenvalue weighted by atomic mass is 79.9. The number of carbonyl (C=O) groups excluding carboxylic acids is 1. The lowest BCUT2D eigenvalue weighted by molar-refractivity contribution is -0.385. The predicted octanol–water partition coefficient (Wildman–Crippen LogP) is 3.73. The van der Waals surface area contributed by atoms with Gasteiger partial charge in [-0.25, -0.2) is 4.79 Å². The fourth-order valence-electron chi connectivity index (χ4n) is 1.67. The van der Waals surface area contributed by atoms with Crippen LogP contribution in [0.25, 0.3) is 6.08 Å². The molecule has 0 spiro atoms. The third kappa shape index (κ3) is 4.62. The van der Waals surface area contributed by atoms with E-state index in [1.165, 1.54) is 37.6 Å². The van der Waals surface area contributed by atoms with Gasteiger partial charge in [-0.2, -0.15) is 0 Å². The number of nitro groups is 1. The van der Waals surface area contributed by atoms with Gasteiger partial charge in [0, 0.05) is 22.8 Å². The van der Waals surface area contributed by atoms with E-state index in [0.717, 1.165) is 0 Å². The summed E-state index contributed by atoms with van der Waals surface area (Å²) in [5.74, 6) is -0.112. The SMILES string of the molecule is COC(=O)/C=C/c1ccc(Oc2cncc(Br)c2)c([N+](=O)[O-])c1. The van der Waals surface area contributed by atoms with Crippen molar-refractivity contribution in [2.75, 3.05) is 7.11 Å². The van der Waals surface area contributed by atoms with E-state index in [1.807, 2.05) is 0 Å². The molecule has 118 valence electrons. The van der Waals surface area contributed by atoms with Gasteiger partial charge in [0.1, 0.15) is 5.75 Å². The summed E-state index contributed by atoms with van der Waals surface area (Å²) in [4.78, 5) is 25.6. The zero-order valence-electron chi connectivity index (χ0n) is 11.9. The molecule has 0 saturated heterocycles. The first-order valence-corrected chi connectivity index (χ1v) is 7.12. The summed E-state index contributed by atoms with van der Waals surface area (Å²) < 4.78 is 10.7. The maximum Gasteiger partial charge on any atom is 0.330 e. The normalized spacial score (nSPS) is 10.5. The van der Waals surface area contributed by atoms with Crippen molar-refractivity contribution in [2.45, 2.75) is 0 Å². The van der Waals surface area contributed by atoms with Crippen molar-refractivity contribution in [2.24, 2.45) is 0 Å². The fourth-order valence-corrected chi connectivity index (χ4v) is 2.02. The molecule has 0 aliphatic heterocycles.